The van der Waals surface area contributed by atoms with Crippen LogP contribution in [0.3, 0.4) is 0 Å². The normalized spacial score (nSPS) is 20.2. The van der Waals surface area contributed by atoms with Crippen molar-refractivity contribution in [3.8, 4) is 5.75 Å². The number of rotatable bonds is 6. The fraction of sp³-hybridized carbons (Fsp3) is 0.409. The Kier molecular flexibility index (Phi) is 6.59. The fourth-order valence-electron chi connectivity index (χ4n) is 3.73. The number of carbonyl (C=O) groups excluding carboxylic acids is 1. The molecule has 156 valence electrons. The Morgan fingerprint density at radius 3 is 2.17 bits per heavy atom. The van der Waals surface area contributed by atoms with Gasteiger partial charge in [-0.15, -0.1) is 0 Å². The summed E-state index contributed by atoms with van der Waals surface area (Å²) in [6.45, 7) is 7.71. The highest BCUT2D eigenvalue weighted by molar-refractivity contribution is 7.89. The molecule has 0 radical (unpaired) electrons. The zero-order valence-corrected chi connectivity index (χ0v) is 17.9. The summed E-state index contributed by atoms with van der Waals surface area (Å²) in [7, 11) is -3.55. The molecule has 0 saturated carbocycles. The minimum atomic E-state index is -3.55. The number of nitrogens with one attached hydrogen (secondary N) is 1. The molecule has 0 aliphatic carbocycles. The molecular formula is C22H28N2O4S. The molecule has 2 atom stereocenters. The number of ether oxygens (including phenoxy) is 1. The Morgan fingerprint density at radius 2 is 1.62 bits per heavy atom. The van der Waals surface area contributed by atoms with Crippen molar-refractivity contribution >= 4 is 21.6 Å². The number of hydrogen-bond donors (Lipinski definition) is 1. The second kappa shape index (κ2) is 8.97. The number of amides is 1. The first-order valence-electron chi connectivity index (χ1n) is 9.94. The minimum absolute atomic E-state index is 0.219. The third-order valence-electron chi connectivity index (χ3n) is 5.01. The molecule has 1 aliphatic heterocycles. The molecule has 0 aromatic heterocycles. The lowest BCUT2D eigenvalue weighted by molar-refractivity contribution is 0.102. The predicted molar refractivity (Wildman–Crippen MR) is 114 cm³/mol. The molecule has 29 heavy (non-hydrogen) atoms. The van der Waals surface area contributed by atoms with Crippen molar-refractivity contribution in [1.82, 2.24) is 4.31 Å². The van der Waals surface area contributed by atoms with E-state index >= 15 is 0 Å². The molecule has 1 aliphatic rings. The van der Waals surface area contributed by atoms with Gasteiger partial charge in [-0.2, -0.15) is 4.31 Å². The van der Waals surface area contributed by atoms with E-state index in [0.29, 0.717) is 42.8 Å². The second-order valence-corrected chi connectivity index (χ2v) is 9.64. The van der Waals surface area contributed by atoms with Crippen molar-refractivity contribution in [2.45, 2.75) is 32.1 Å². The Hall–Kier alpha value is -2.38. The van der Waals surface area contributed by atoms with Crippen molar-refractivity contribution in [2.75, 3.05) is 25.0 Å². The molecule has 1 amide bonds. The highest BCUT2D eigenvalue weighted by Crippen LogP contribution is 2.27. The van der Waals surface area contributed by atoms with Gasteiger partial charge in [0.15, 0.2) is 0 Å². The average molecular weight is 417 g/mol. The average Bonchev–Trinajstić information content (AvgIpc) is 2.69. The molecule has 1 saturated heterocycles. The highest BCUT2D eigenvalue weighted by Gasteiger charge is 2.31. The van der Waals surface area contributed by atoms with Crippen LogP contribution in [0.25, 0.3) is 0 Å². The standard InChI is InChI=1S/C22H28N2O4S/c1-4-28-20-9-7-19(8-10-20)23-22(25)18-5-11-21(12-6-18)29(26,27)24-14-16(2)13-17(3)15-24/h5-12,16-17H,4,13-15H2,1-3H3,(H,23,25). The van der Waals surface area contributed by atoms with Gasteiger partial charge in [-0.3, -0.25) is 4.79 Å². The monoisotopic (exact) mass is 416 g/mol. The topological polar surface area (TPSA) is 75.7 Å². The van der Waals surface area contributed by atoms with Crippen LogP contribution in [0.2, 0.25) is 0 Å². The van der Waals surface area contributed by atoms with E-state index in [-0.39, 0.29) is 10.8 Å². The Morgan fingerprint density at radius 1 is 1.03 bits per heavy atom. The van der Waals surface area contributed by atoms with Gasteiger partial charge in [-0.1, -0.05) is 13.8 Å². The third-order valence-corrected chi connectivity index (χ3v) is 6.86. The summed E-state index contributed by atoms with van der Waals surface area (Å²) >= 11 is 0. The SMILES string of the molecule is CCOc1ccc(NC(=O)c2ccc(S(=O)(=O)N3CC(C)CC(C)C3)cc2)cc1. The van der Waals surface area contributed by atoms with Crippen LogP contribution in [0.1, 0.15) is 37.6 Å². The number of sulfonamides is 1. The summed E-state index contributed by atoms with van der Waals surface area (Å²) in [5.74, 6) is 1.13. The number of hydrogen-bond acceptors (Lipinski definition) is 4. The summed E-state index contributed by atoms with van der Waals surface area (Å²) < 4.78 is 32.8. The summed E-state index contributed by atoms with van der Waals surface area (Å²) in [5, 5.41) is 2.81. The summed E-state index contributed by atoms with van der Waals surface area (Å²) in [5.41, 5.74) is 1.05. The van der Waals surface area contributed by atoms with Gasteiger partial charge >= 0.3 is 0 Å². The maximum Gasteiger partial charge on any atom is 0.255 e. The van der Waals surface area contributed by atoms with Gasteiger partial charge in [0.25, 0.3) is 5.91 Å². The lowest BCUT2D eigenvalue weighted by Crippen LogP contribution is -2.42. The predicted octanol–water partition coefficient (Wildman–Crippen LogP) is 4.00. The van der Waals surface area contributed by atoms with Gasteiger partial charge in [0, 0.05) is 24.3 Å². The van der Waals surface area contributed by atoms with E-state index in [4.69, 9.17) is 4.74 Å². The minimum Gasteiger partial charge on any atom is -0.494 e. The van der Waals surface area contributed by atoms with Crippen molar-refractivity contribution in [1.29, 1.82) is 0 Å². The molecule has 2 unspecified atom stereocenters. The smallest absolute Gasteiger partial charge is 0.255 e. The van der Waals surface area contributed by atoms with Crippen molar-refractivity contribution in [3.63, 3.8) is 0 Å². The van der Waals surface area contributed by atoms with Gasteiger partial charge in [0.05, 0.1) is 11.5 Å². The van der Waals surface area contributed by atoms with Crippen molar-refractivity contribution in [2.24, 2.45) is 11.8 Å². The zero-order valence-electron chi connectivity index (χ0n) is 17.1. The zero-order chi connectivity index (χ0) is 21.0. The molecule has 0 spiro atoms. The van der Waals surface area contributed by atoms with Crippen LogP contribution in [-0.4, -0.2) is 38.3 Å². The van der Waals surface area contributed by atoms with Crippen molar-refractivity contribution < 1.29 is 17.9 Å². The number of benzene rings is 2. The Bertz CT molecular complexity index is 930. The molecule has 2 aromatic rings. The van der Waals surface area contributed by atoms with Crippen LogP contribution in [0.5, 0.6) is 5.75 Å². The van der Waals surface area contributed by atoms with Crippen molar-refractivity contribution in [3.05, 3.63) is 54.1 Å². The van der Waals surface area contributed by atoms with E-state index in [0.717, 1.165) is 12.2 Å². The molecule has 2 aromatic carbocycles. The molecule has 3 rings (SSSR count). The van der Waals surface area contributed by atoms with Crippen LogP contribution < -0.4 is 10.1 Å². The first kappa shape index (κ1) is 21.3. The van der Waals surface area contributed by atoms with Crippen LogP contribution in [-0.2, 0) is 10.0 Å². The number of nitrogens with zero attached hydrogens (tertiary/aromatic N) is 1. The quantitative estimate of drug-likeness (QED) is 0.772. The lowest BCUT2D eigenvalue weighted by atomic mass is 9.94. The molecule has 0 bridgehead atoms. The van der Waals surface area contributed by atoms with Gasteiger partial charge in [-0.05, 0) is 73.7 Å². The lowest BCUT2D eigenvalue weighted by Gasteiger charge is -2.34. The van der Waals surface area contributed by atoms with E-state index in [9.17, 15) is 13.2 Å². The second-order valence-electron chi connectivity index (χ2n) is 7.70. The first-order valence-corrected chi connectivity index (χ1v) is 11.4. The van der Waals surface area contributed by atoms with E-state index in [1.54, 1.807) is 40.7 Å². The molecule has 1 N–H and O–H groups in total. The molecular weight excluding hydrogens is 388 g/mol. The third kappa shape index (κ3) is 5.16. The summed E-state index contributed by atoms with van der Waals surface area (Å²) in [6.07, 6.45) is 1.04. The molecule has 7 heteroatoms. The molecule has 1 fully saturated rings. The fourth-order valence-corrected chi connectivity index (χ4v) is 5.41. The van der Waals surface area contributed by atoms with E-state index in [1.165, 1.54) is 12.1 Å². The number of carbonyl (C=O) groups is 1. The Balaban J connectivity index is 1.69. The van der Waals surface area contributed by atoms with E-state index in [1.807, 2.05) is 6.92 Å². The van der Waals surface area contributed by atoms with Gasteiger partial charge < -0.3 is 10.1 Å². The largest absolute Gasteiger partial charge is 0.494 e. The Labute approximate surface area is 172 Å². The molecule has 1 heterocycles. The summed E-state index contributed by atoms with van der Waals surface area (Å²) in [6, 6.07) is 13.2. The van der Waals surface area contributed by atoms with E-state index < -0.39 is 10.0 Å². The number of anilines is 1. The maximum atomic E-state index is 12.9. The highest BCUT2D eigenvalue weighted by atomic mass is 32.2. The number of piperidine rings is 1. The summed E-state index contributed by atoms with van der Waals surface area (Å²) in [4.78, 5) is 12.7. The van der Waals surface area contributed by atoms with E-state index in [2.05, 4.69) is 19.2 Å². The van der Waals surface area contributed by atoms with Gasteiger partial charge in [-0.25, -0.2) is 8.42 Å². The van der Waals surface area contributed by atoms with Crippen LogP contribution in [0.4, 0.5) is 5.69 Å². The van der Waals surface area contributed by atoms with Crippen LogP contribution in [0.15, 0.2) is 53.4 Å². The maximum absolute atomic E-state index is 12.9. The van der Waals surface area contributed by atoms with Crippen LogP contribution >= 0.6 is 0 Å². The van der Waals surface area contributed by atoms with Gasteiger partial charge in [0.1, 0.15) is 5.75 Å². The van der Waals surface area contributed by atoms with Gasteiger partial charge in [0.2, 0.25) is 10.0 Å². The molecule has 6 nitrogen and oxygen atoms in total. The van der Waals surface area contributed by atoms with Crippen LogP contribution in [0, 0.1) is 11.8 Å². The first-order chi connectivity index (χ1) is 13.8.